The van der Waals surface area contributed by atoms with Gasteiger partial charge >= 0.3 is 5.63 Å². The SMILES string of the molecule is N#Cc1ccccc1-c1cc(=O)oc2cc(O)ccc12. The van der Waals surface area contributed by atoms with Crippen LogP contribution in [0.15, 0.2) is 57.7 Å². The van der Waals surface area contributed by atoms with Crippen molar-refractivity contribution in [2.24, 2.45) is 0 Å². The minimum absolute atomic E-state index is 0.0198. The van der Waals surface area contributed by atoms with Crippen LogP contribution in [0.4, 0.5) is 0 Å². The Morgan fingerprint density at radius 3 is 2.65 bits per heavy atom. The van der Waals surface area contributed by atoms with Gasteiger partial charge in [-0.1, -0.05) is 18.2 Å². The second kappa shape index (κ2) is 4.56. The molecule has 0 radical (unpaired) electrons. The lowest BCUT2D eigenvalue weighted by Crippen LogP contribution is -1.98. The van der Waals surface area contributed by atoms with Gasteiger partial charge in [-0.05, 0) is 18.2 Å². The van der Waals surface area contributed by atoms with Crippen LogP contribution in [0.5, 0.6) is 5.75 Å². The van der Waals surface area contributed by atoms with Crippen molar-refractivity contribution >= 4 is 11.0 Å². The van der Waals surface area contributed by atoms with E-state index in [1.165, 1.54) is 18.2 Å². The van der Waals surface area contributed by atoms with E-state index in [1.807, 2.05) is 0 Å². The zero-order valence-corrected chi connectivity index (χ0v) is 10.3. The van der Waals surface area contributed by atoms with Crippen LogP contribution in [0.1, 0.15) is 5.56 Å². The normalized spacial score (nSPS) is 10.3. The number of hydrogen-bond acceptors (Lipinski definition) is 4. The van der Waals surface area contributed by atoms with Gasteiger partial charge in [0, 0.05) is 28.6 Å². The first-order valence-electron chi connectivity index (χ1n) is 5.95. The first-order valence-corrected chi connectivity index (χ1v) is 5.95. The molecule has 0 unspecified atom stereocenters. The van der Waals surface area contributed by atoms with Crippen molar-refractivity contribution in [3.8, 4) is 22.9 Å². The molecule has 1 heterocycles. The number of phenolic OH excluding ortho intramolecular Hbond substituents is 1. The van der Waals surface area contributed by atoms with Crippen molar-refractivity contribution in [1.82, 2.24) is 0 Å². The second-order valence-electron chi connectivity index (χ2n) is 4.32. The van der Waals surface area contributed by atoms with Crippen LogP contribution in [0.3, 0.4) is 0 Å². The lowest BCUT2D eigenvalue weighted by molar-refractivity contribution is 0.473. The third-order valence-electron chi connectivity index (χ3n) is 3.07. The fourth-order valence-corrected chi connectivity index (χ4v) is 2.19. The largest absolute Gasteiger partial charge is 0.508 e. The van der Waals surface area contributed by atoms with E-state index in [0.29, 0.717) is 27.7 Å². The smallest absolute Gasteiger partial charge is 0.336 e. The molecular weight excluding hydrogens is 254 g/mol. The van der Waals surface area contributed by atoms with Gasteiger partial charge in [-0.2, -0.15) is 5.26 Å². The lowest BCUT2D eigenvalue weighted by Gasteiger charge is -2.07. The molecule has 0 amide bonds. The molecule has 0 atom stereocenters. The Morgan fingerprint density at radius 2 is 1.85 bits per heavy atom. The molecule has 1 N–H and O–H groups in total. The Bertz CT molecular complexity index is 903. The van der Waals surface area contributed by atoms with Gasteiger partial charge in [0.1, 0.15) is 11.3 Å². The van der Waals surface area contributed by atoms with E-state index < -0.39 is 5.63 Å². The molecule has 96 valence electrons. The minimum atomic E-state index is -0.522. The Balaban J connectivity index is 2.42. The fourth-order valence-electron chi connectivity index (χ4n) is 2.19. The van der Waals surface area contributed by atoms with E-state index >= 15 is 0 Å². The molecule has 20 heavy (non-hydrogen) atoms. The van der Waals surface area contributed by atoms with Crippen molar-refractivity contribution < 1.29 is 9.52 Å². The summed E-state index contributed by atoms with van der Waals surface area (Å²) in [4.78, 5) is 11.7. The van der Waals surface area contributed by atoms with Gasteiger partial charge in [0.05, 0.1) is 11.6 Å². The topological polar surface area (TPSA) is 74.2 Å². The molecule has 4 nitrogen and oxygen atoms in total. The molecule has 0 fully saturated rings. The number of hydrogen-bond donors (Lipinski definition) is 1. The lowest BCUT2D eigenvalue weighted by atomic mass is 9.98. The van der Waals surface area contributed by atoms with Crippen LogP contribution >= 0.6 is 0 Å². The number of phenols is 1. The van der Waals surface area contributed by atoms with Crippen LogP contribution in [0.25, 0.3) is 22.1 Å². The molecule has 2 aromatic carbocycles. The second-order valence-corrected chi connectivity index (χ2v) is 4.32. The summed E-state index contributed by atoms with van der Waals surface area (Å²) >= 11 is 0. The van der Waals surface area contributed by atoms with E-state index in [0.717, 1.165) is 0 Å². The molecule has 0 saturated heterocycles. The summed E-state index contributed by atoms with van der Waals surface area (Å²) in [5.41, 5.74) is 1.53. The fraction of sp³-hybridized carbons (Fsp3) is 0. The molecule has 0 saturated carbocycles. The number of benzene rings is 2. The summed E-state index contributed by atoms with van der Waals surface area (Å²) in [5, 5.41) is 19.3. The number of nitriles is 1. The third kappa shape index (κ3) is 1.91. The summed E-state index contributed by atoms with van der Waals surface area (Å²) in [6.45, 7) is 0. The van der Waals surface area contributed by atoms with Crippen molar-refractivity contribution in [3.63, 3.8) is 0 Å². The molecule has 0 aliphatic heterocycles. The predicted molar refractivity (Wildman–Crippen MR) is 74.3 cm³/mol. The van der Waals surface area contributed by atoms with Crippen molar-refractivity contribution in [3.05, 3.63) is 64.5 Å². The van der Waals surface area contributed by atoms with E-state index in [4.69, 9.17) is 4.42 Å². The maximum atomic E-state index is 11.7. The third-order valence-corrected chi connectivity index (χ3v) is 3.07. The molecule has 0 spiro atoms. The highest BCUT2D eigenvalue weighted by Crippen LogP contribution is 2.31. The summed E-state index contributed by atoms with van der Waals surface area (Å²) < 4.78 is 5.08. The van der Waals surface area contributed by atoms with Crippen molar-refractivity contribution in [1.29, 1.82) is 5.26 Å². The summed E-state index contributed by atoms with van der Waals surface area (Å²) in [6, 6.07) is 15.1. The molecule has 1 aromatic heterocycles. The summed E-state index contributed by atoms with van der Waals surface area (Å²) in [6.07, 6.45) is 0. The van der Waals surface area contributed by atoms with Crippen LogP contribution in [-0.2, 0) is 0 Å². The molecule has 0 aliphatic carbocycles. The predicted octanol–water partition coefficient (Wildman–Crippen LogP) is 3.04. The van der Waals surface area contributed by atoms with Crippen LogP contribution in [0.2, 0.25) is 0 Å². The van der Waals surface area contributed by atoms with E-state index in [9.17, 15) is 15.2 Å². The van der Waals surface area contributed by atoms with Gasteiger partial charge in [0.25, 0.3) is 0 Å². The average Bonchev–Trinajstić information content (AvgIpc) is 2.45. The molecule has 4 heteroatoms. The van der Waals surface area contributed by atoms with E-state index in [-0.39, 0.29) is 5.75 Å². The molecule has 3 rings (SSSR count). The van der Waals surface area contributed by atoms with Crippen molar-refractivity contribution in [2.45, 2.75) is 0 Å². The van der Waals surface area contributed by atoms with Gasteiger partial charge < -0.3 is 9.52 Å². The first-order chi connectivity index (χ1) is 9.69. The zero-order valence-electron chi connectivity index (χ0n) is 10.3. The van der Waals surface area contributed by atoms with Crippen LogP contribution in [-0.4, -0.2) is 5.11 Å². The molecular formula is C16H9NO3. The van der Waals surface area contributed by atoms with Crippen molar-refractivity contribution in [2.75, 3.05) is 0 Å². The Labute approximate surface area is 114 Å². The van der Waals surface area contributed by atoms with Crippen LogP contribution < -0.4 is 5.63 Å². The number of nitrogens with zero attached hydrogens (tertiary/aromatic N) is 1. The van der Waals surface area contributed by atoms with Crippen LogP contribution in [0, 0.1) is 11.3 Å². The number of fused-ring (bicyclic) bond motifs is 1. The maximum Gasteiger partial charge on any atom is 0.336 e. The van der Waals surface area contributed by atoms with Gasteiger partial charge in [-0.3, -0.25) is 0 Å². The Kier molecular flexibility index (Phi) is 2.73. The molecule has 3 aromatic rings. The van der Waals surface area contributed by atoms with Gasteiger partial charge in [0.15, 0.2) is 0 Å². The number of aromatic hydroxyl groups is 1. The monoisotopic (exact) mass is 263 g/mol. The minimum Gasteiger partial charge on any atom is -0.508 e. The molecule has 0 bridgehead atoms. The number of rotatable bonds is 1. The first kappa shape index (κ1) is 12.0. The quantitative estimate of drug-likeness (QED) is 0.685. The van der Waals surface area contributed by atoms with Gasteiger partial charge in [0.2, 0.25) is 0 Å². The maximum absolute atomic E-state index is 11.7. The highest BCUT2D eigenvalue weighted by Gasteiger charge is 2.11. The highest BCUT2D eigenvalue weighted by atomic mass is 16.4. The summed E-state index contributed by atoms with van der Waals surface area (Å²) in [5.74, 6) is 0.0198. The highest BCUT2D eigenvalue weighted by molar-refractivity contribution is 5.95. The van der Waals surface area contributed by atoms with E-state index in [2.05, 4.69) is 6.07 Å². The Hall–Kier alpha value is -3.06. The summed E-state index contributed by atoms with van der Waals surface area (Å²) in [7, 11) is 0. The van der Waals surface area contributed by atoms with Gasteiger partial charge in [-0.25, -0.2) is 4.79 Å². The molecule has 0 aliphatic rings. The standard InChI is InChI=1S/C16H9NO3/c17-9-10-3-1-2-4-12(10)14-8-16(19)20-15-7-11(18)5-6-13(14)15/h1-8,18H. The Morgan fingerprint density at radius 1 is 1.05 bits per heavy atom. The van der Waals surface area contributed by atoms with Gasteiger partial charge in [-0.15, -0.1) is 0 Å². The van der Waals surface area contributed by atoms with E-state index in [1.54, 1.807) is 30.3 Å². The average molecular weight is 263 g/mol. The zero-order chi connectivity index (χ0) is 14.1.